The molecule has 258 valence electrons. The zero-order chi connectivity index (χ0) is 36.3. The van der Waals surface area contributed by atoms with Crippen molar-refractivity contribution in [2.45, 2.75) is 6.17 Å². The lowest BCUT2D eigenvalue weighted by atomic mass is 9.95. The third-order valence-corrected chi connectivity index (χ3v) is 10.9. The zero-order valence-corrected chi connectivity index (χ0v) is 29.8. The van der Waals surface area contributed by atoms with E-state index in [0.29, 0.717) is 5.84 Å². The molecule has 0 spiro atoms. The number of hydrogen-bond acceptors (Lipinski definition) is 4. The highest BCUT2D eigenvalue weighted by Gasteiger charge is 2.25. The Kier molecular flexibility index (Phi) is 7.20. The molecule has 0 radical (unpaired) electrons. The number of aliphatic imine (C=N–C) groups is 2. The quantitative estimate of drug-likeness (QED) is 0.194. The summed E-state index contributed by atoms with van der Waals surface area (Å²) >= 11 is 0. The lowest BCUT2D eigenvalue weighted by molar-refractivity contribution is 0.668. The van der Waals surface area contributed by atoms with Gasteiger partial charge in [0, 0.05) is 21.9 Å². The molecule has 1 unspecified atom stereocenters. The Labute approximate surface area is 317 Å². The second kappa shape index (κ2) is 12.7. The van der Waals surface area contributed by atoms with Crippen molar-refractivity contribution in [2.24, 2.45) is 9.98 Å². The minimum absolute atomic E-state index is 0.363. The van der Waals surface area contributed by atoms with Crippen LogP contribution in [0.25, 0.3) is 76.5 Å². The molecule has 1 aliphatic heterocycles. The number of rotatable bonds is 5. The van der Waals surface area contributed by atoms with Gasteiger partial charge in [-0.2, -0.15) is 0 Å². The van der Waals surface area contributed by atoms with E-state index in [2.05, 4.69) is 187 Å². The number of nitrogens with zero attached hydrogens (tertiary/aromatic N) is 2. The molecular weight excluding hydrogens is 671 g/mol. The van der Waals surface area contributed by atoms with E-state index in [9.17, 15) is 0 Å². The maximum atomic E-state index is 6.58. The number of fused-ring (bicyclic) bond motifs is 6. The molecule has 1 aliphatic rings. The van der Waals surface area contributed by atoms with E-state index in [1.165, 1.54) is 37.9 Å². The van der Waals surface area contributed by atoms with Crippen molar-refractivity contribution in [3.63, 3.8) is 0 Å². The van der Waals surface area contributed by atoms with Gasteiger partial charge in [-0.3, -0.25) is 0 Å². The van der Waals surface area contributed by atoms with Gasteiger partial charge < -0.3 is 9.73 Å². The lowest BCUT2D eigenvalue weighted by Gasteiger charge is -2.24. The van der Waals surface area contributed by atoms with Crippen LogP contribution in [0.3, 0.4) is 0 Å². The normalized spacial score (nSPS) is 14.4. The fourth-order valence-electron chi connectivity index (χ4n) is 8.20. The minimum atomic E-state index is -0.363. The molecule has 11 rings (SSSR count). The summed E-state index contributed by atoms with van der Waals surface area (Å²) in [6.45, 7) is 0. The Bertz CT molecular complexity index is 3180. The molecular formula is C51H33N3O. The molecule has 0 saturated heterocycles. The summed E-state index contributed by atoms with van der Waals surface area (Å²) in [7, 11) is 0. The molecule has 4 nitrogen and oxygen atoms in total. The molecule has 0 fully saturated rings. The SMILES string of the molecule is c1ccc2cc(-c3cccc4oc5cccc(C6=NC(c7ccc(-c8cccc9ccccc89)cc7)=NC(c7ccc8ccccc8c7)N6)c5c34)ccc2c1. The summed E-state index contributed by atoms with van der Waals surface area (Å²) in [5.41, 5.74) is 9.27. The van der Waals surface area contributed by atoms with Crippen molar-refractivity contribution in [2.75, 3.05) is 0 Å². The molecule has 9 aromatic carbocycles. The summed E-state index contributed by atoms with van der Waals surface area (Å²) in [5, 5.41) is 13.1. The highest BCUT2D eigenvalue weighted by atomic mass is 16.3. The van der Waals surface area contributed by atoms with Crippen molar-refractivity contribution < 1.29 is 4.42 Å². The average molecular weight is 704 g/mol. The number of nitrogens with one attached hydrogen (secondary N) is 1. The van der Waals surface area contributed by atoms with Crippen LogP contribution in [0.5, 0.6) is 0 Å². The molecule has 10 aromatic rings. The zero-order valence-electron chi connectivity index (χ0n) is 29.8. The van der Waals surface area contributed by atoms with Gasteiger partial charge in [-0.15, -0.1) is 0 Å². The Morgan fingerprint density at radius 2 is 0.982 bits per heavy atom. The predicted octanol–water partition coefficient (Wildman–Crippen LogP) is 12.9. The maximum absolute atomic E-state index is 6.58. The van der Waals surface area contributed by atoms with Crippen LogP contribution in [0.4, 0.5) is 0 Å². The molecule has 55 heavy (non-hydrogen) atoms. The molecule has 4 heteroatoms. The van der Waals surface area contributed by atoms with Gasteiger partial charge >= 0.3 is 0 Å². The summed E-state index contributed by atoms with van der Waals surface area (Å²) in [4.78, 5) is 10.6. The topological polar surface area (TPSA) is 49.9 Å². The van der Waals surface area contributed by atoms with Crippen LogP contribution in [0.2, 0.25) is 0 Å². The van der Waals surface area contributed by atoms with Crippen LogP contribution in [0.15, 0.2) is 202 Å². The first kappa shape index (κ1) is 31.2. The fraction of sp³-hybridized carbons (Fsp3) is 0.0196. The molecule has 0 amide bonds. The predicted molar refractivity (Wildman–Crippen MR) is 229 cm³/mol. The first-order valence-corrected chi connectivity index (χ1v) is 18.7. The summed E-state index contributed by atoms with van der Waals surface area (Å²) in [5.74, 6) is 1.43. The fourth-order valence-corrected chi connectivity index (χ4v) is 8.20. The van der Waals surface area contributed by atoms with Gasteiger partial charge in [-0.25, -0.2) is 9.98 Å². The Balaban J connectivity index is 1.08. The number of hydrogen-bond donors (Lipinski definition) is 1. The van der Waals surface area contributed by atoms with E-state index in [1.54, 1.807) is 0 Å². The first-order valence-electron chi connectivity index (χ1n) is 18.7. The van der Waals surface area contributed by atoms with Crippen LogP contribution >= 0.6 is 0 Å². The molecule has 1 atom stereocenters. The van der Waals surface area contributed by atoms with Gasteiger partial charge in [-0.1, -0.05) is 164 Å². The highest BCUT2D eigenvalue weighted by molar-refractivity contribution is 6.24. The summed E-state index contributed by atoms with van der Waals surface area (Å²) in [6.07, 6.45) is -0.363. The second-order valence-corrected chi connectivity index (χ2v) is 14.2. The Hall–Kier alpha value is -7.30. The van der Waals surface area contributed by atoms with Gasteiger partial charge in [0.2, 0.25) is 0 Å². The molecule has 1 aromatic heterocycles. The van der Waals surface area contributed by atoms with Crippen molar-refractivity contribution in [1.82, 2.24) is 5.32 Å². The minimum Gasteiger partial charge on any atom is -0.456 e. The molecule has 1 N–H and O–H groups in total. The number of benzene rings is 9. The van der Waals surface area contributed by atoms with Crippen molar-refractivity contribution >= 4 is 65.9 Å². The third kappa shape index (κ3) is 5.38. The highest BCUT2D eigenvalue weighted by Crippen LogP contribution is 2.40. The van der Waals surface area contributed by atoms with E-state index >= 15 is 0 Å². The monoisotopic (exact) mass is 703 g/mol. The van der Waals surface area contributed by atoms with Crippen LogP contribution in [-0.2, 0) is 0 Å². The van der Waals surface area contributed by atoms with E-state index in [0.717, 1.165) is 61.2 Å². The number of amidine groups is 2. The van der Waals surface area contributed by atoms with Crippen LogP contribution in [0, 0.1) is 0 Å². The van der Waals surface area contributed by atoms with Gasteiger partial charge in [0.05, 0.1) is 0 Å². The summed E-state index contributed by atoms with van der Waals surface area (Å²) < 4.78 is 6.58. The van der Waals surface area contributed by atoms with E-state index in [1.807, 2.05) is 6.07 Å². The van der Waals surface area contributed by atoms with Crippen molar-refractivity contribution in [3.05, 3.63) is 205 Å². The van der Waals surface area contributed by atoms with Crippen molar-refractivity contribution in [1.29, 1.82) is 0 Å². The van der Waals surface area contributed by atoms with Crippen LogP contribution in [-0.4, -0.2) is 11.7 Å². The molecule has 0 bridgehead atoms. The van der Waals surface area contributed by atoms with Gasteiger partial charge in [0.25, 0.3) is 0 Å². The van der Waals surface area contributed by atoms with Gasteiger partial charge in [0.15, 0.2) is 5.84 Å². The van der Waals surface area contributed by atoms with E-state index < -0.39 is 0 Å². The third-order valence-electron chi connectivity index (χ3n) is 10.9. The van der Waals surface area contributed by atoms with Crippen LogP contribution < -0.4 is 5.32 Å². The standard InChI is InChI=1S/C51H33N3O/c1-3-13-37-30-39(28-22-32(37)10-1)43-18-8-20-45-47(43)48-44(19-9-21-46(48)55-45)51-53-49(52-50(54-51)40-29-23-33-11-2-4-14-38(33)31-40)36-26-24-35(25-27-36)42-17-7-15-34-12-5-6-16-41(34)42/h1-31,50H,(H,52,53,54). The van der Waals surface area contributed by atoms with Gasteiger partial charge in [0.1, 0.15) is 23.2 Å². The molecule has 0 saturated carbocycles. The largest absolute Gasteiger partial charge is 0.456 e. The smallest absolute Gasteiger partial charge is 0.159 e. The average Bonchev–Trinajstić information content (AvgIpc) is 3.65. The molecule has 2 heterocycles. The Morgan fingerprint density at radius 3 is 1.76 bits per heavy atom. The van der Waals surface area contributed by atoms with Crippen molar-refractivity contribution in [3.8, 4) is 22.3 Å². The van der Waals surface area contributed by atoms with Crippen LogP contribution in [0.1, 0.15) is 22.9 Å². The lowest BCUT2D eigenvalue weighted by Crippen LogP contribution is -2.33. The molecule has 0 aliphatic carbocycles. The number of furan rings is 1. The maximum Gasteiger partial charge on any atom is 0.159 e. The first-order chi connectivity index (χ1) is 27.2. The van der Waals surface area contributed by atoms with Gasteiger partial charge in [-0.05, 0) is 84.4 Å². The second-order valence-electron chi connectivity index (χ2n) is 14.2. The summed E-state index contributed by atoms with van der Waals surface area (Å²) in [6, 6.07) is 66.4. The van der Waals surface area contributed by atoms with E-state index in [4.69, 9.17) is 14.4 Å². The Morgan fingerprint density at radius 1 is 0.418 bits per heavy atom. The van der Waals surface area contributed by atoms with E-state index in [-0.39, 0.29) is 6.17 Å².